The van der Waals surface area contributed by atoms with Gasteiger partial charge in [-0.3, -0.25) is 0 Å². The number of benzene rings is 2. The first-order valence-electron chi connectivity index (χ1n) is 16.7. The summed E-state index contributed by atoms with van der Waals surface area (Å²) in [5, 5.41) is 23.4. The van der Waals surface area contributed by atoms with Crippen molar-refractivity contribution in [1.29, 1.82) is 10.5 Å². The van der Waals surface area contributed by atoms with E-state index in [1.54, 1.807) is 0 Å². The predicted octanol–water partition coefficient (Wildman–Crippen LogP) is 11.7. The highest BCUT2D eigenvalue weighted by molar-refractivity contribution is 7.42. The Bertz CT molecular complexity index is 1630. The summed E-state index contributed by atoms with van der Waals surface area (Å²) in [6.45, 7) is 41.2. The predicted molar refractivity (Wildman–Crippen MR) is 203 cm³/mol. The minimum Gasteiger partial charge on any atom is -0.192 e. The van der Waals surface area contributed by atoms with E-state index in [9.17, 15) is 10.5 Å². The zero-order chi connectivity index (χ0) is 35.6. The van der Waals surface area contributed by atoms with E-state index < -0.39 is 0 Å². The number of hydrogen-bond acceptors (Lipinski definition) is 2. The molecule has 0 aliphatic rings. The molecular formula is C42H58N2P2. The van der Waals surface area contributed by atoms with Gasteiger partial charge in [-0.1, -0.05) is 165 Å². The van der Waals surface area contributed by atoms with Gasteiger partial charge in [0.2, 0.25) is 0 Å². The van der Waals surface area contributed by atoms with E-state index in [1.165, 1.54) is 44.0 Å². The summed E-state index contributed by atoms with van der Waals surface area (Å²) in [5.74, 6) is 0. The summed E-state index contributed by atoms with van der Waals surface area (Å²) in [4.78, 5) is 2.00. The van der Waals surface area contributed by atoms with E-state index in [2.05, 4.69) is 161 Å². The third-order valence-electron chi connectivity index (χ3n) is 8.80. The van der Waals surface area contributed by atoms with Gasteiger partial charge in [-0.25, -0.2) is 0 Å². The van der Waals surface area contributed by atoms with Gasteiger partial charge in [-0.05, 0) is 65.9 Å². The Morgan fingerprint density at radius 2 is 0.609 bits per heavy atom. The Labute approximate surface area is 284 Å². The van der Waals surface area contributed by atoms with Crippen molar-refractivity contribution in [3.8, 4) is 12.1 Å². The Morgan fingerprint density at radius 1 is 0.391 bits per heavy atom. The van der Waals surface area contributed by atoms with Gasteiger partial charge in [0.05, 0.1) is 11.1 Å². The number of rotatable bonds is 2. The summed E-state index contributed by atoms with van der Waals surface area (Å²) >= 11 is 0. The topological polar surface area (TPSA) is 47.6 Å². The Balaban J connectivity index is 2.68. The van der Waals surface area contributed by atoms with Crippen LogP contribution < -0.4 is 10.6 Å². The molecule has 0 N–H and O–H groups in total. The van der Waals surface area contributed by atoms with Gasteiger partial charge in [0, 0.05) is 20.5 Å². The number of nitriles is 2. The Hall–Kier alpha value is -2.50. The van der Waals surface area contributed by atoms with Gasteiger partial charge in [-0.2, -0.15) is 10.5 Å². The van der Waals surface area contributed by atoms with E-state index in [0.717, 1.165) is 26.3 Å². The second-order valence-electron chi connectivity index (χ2n) is 19.2. The summed E-state index contributed by atoms with van der Waals surface area (Å²) in [5.41, 5.74) is 8.66. The van der Waals surface area contributed by atoms with Crippen molar-refractivity contribution in [2.24, 2.45) is 0 Å². The molecule has 4 heteroatoms. The molecule has 2 nitrogen and oxygen atoms in total. The highest BCUT2D eigenvalue weighted by atomic mass is 31.1. The molecule has 0 amide bonds. The SMILES string of the molecule is CC(C)(C)c1cc(C(C)(C)C)c(P=c2c(C#N)c(C#N)c2=Pc2c(C(C)(C)C)cc(C(C)(C)C)cc2C(C)(C)C)c(C(C)(C)C)c1. The van der Waals surface area contributed by atoms with Crippen molar-refractivity contribution in [3.63, 3.8) is 0 Å². The van der Waals surface area contributed by atoms with Crippen LogP contribution in [-0.4, -0.2) is 0 Å². The highest BCUT2D eigenvalue weighted by Gasteiger charge is 2.31. The minimum absolute atomic E-state index is 0.00651. The maximum Gasteiger partial charge on any atom is 0.102 e. The van der Waals surface area contributed by atoms with E-state index in [-0.39, 0.29) is 32.5 Å². The van der Waals surface area contributed by atoms with Gasteiger partial charge in [0.25, 0.3) is 0 Å². The van der Waals surface area contributed by atoms with Crippen LogP contribution in [0.2, 0.25) is 0 Å². The van der Waals surface area contributed by atoms with Crippen molar-refractivity contribution < 1.29 is 0 Å². The zero-order valence-corrected chi connectivity index (χ0v) is 33.9. The molecule has 0 atom stereocenters. The molecule has 0 saturated heterocycles. The molecule has 46 heavy (non-hydrogen) atoms. The zero-order valence-electron chi connectivity index (χ0n) is 32.1. The summed E-state index contributed by atoms with van der Waals surface area (Å²) in [6, 6.07) is 14.5. The molecule has 0 bridgehead atoms. The van der Waals surface area contributed by atoms with Crippen LogP contribution in [0.25, 0.3) is 0 Å². The van der Waals surface area contributed by atoms with E-state index >= 15 is 0 Å². The van der Waals surface area contributed by atoms with Crippen LogP contribution in [0.15, 0.2) is 24.3 Å². The average molecular weight is 653 g/mol. The van der Waals surface area contributed by atoms with E-state index in [1.807, 2.05) is 0 Å². The number of nitrogens with zero attached hydrogens (tertiary/aromatic N) is 2. The van der Waals surface area contributed by atoms with Crippen LogP contribution in [0.1, 0.15) is 169 Å². The van der Waals surface area contributed by atoms with Crippen LogP contribution >= 0.6 is 16.4 Å². The molecule has 0 heterocycles. The van der Waals surface area contributed by atoms with Crippen molar-refractivity contribution >= 4 is 27.0 Å². The first kappa shape index (κ1) is 38.0. The Kier molecular flexibility index (Phi) is 10.1. The normalized spacial score (nSPS) is 14.5. The van der Waals surface area contributed by atoms with Crippen LogP contribution in [0, 0.1) is 32.5 Å². The molecule has 3 rings (SSSR count). The molecule has 0 spiro atoms. The molecule has 0 saturated carbocycles. The van der Waals surface area contributed by atoms with E-state index in [4.69, 9.17) is 0 Å². The molecule has 0 radical (unpaired) electrons. The third kappa shape index (κ3) is 7.79. The average Bonchev–Trinajstić information content (AvgIpc) is 2.84. The van der Waals surface area contributed by atoms with Crippen molar-refractivity contribution in [3.05, 3.63) is 78.7 Å². The van der Waals surface area contributed by atoms with Gasteiger partial charge in [-0.15, -0.1) is 0 Å². The standard InChI is InChI=1S/C42H58N2P2/c1-37(2,3)25-19-29(39(7,8)9)35(30(20-25)40(10,11)12)45-33-27(23-43)28(24-44)34(33)46-36-31(41(13,14)15)21-26(38(4,5)6)22-32(36)42(16,17)18/h19-22H,1-18H3. The lowest BCUT2D eigenvalue weighted by Gasteiger charge is -2.33. The first-order valence-corrected chi connectivity index (χ1v) is 18.4. The van der Waals surface area contributed by atoms with Crippen LogP contribution in [0.4, 0.5) is 0 Å². The lowest BCUT2D eigenvalue weighted by atomic mass is 9.75. The fourth-order valence-corrected chi connectivity index (χ4v) is 9.54. The van der Waals surface area contributed by atoms with Gasteiger partial charge in [0.1, 0.15) is 12.1 Å². The summed E-state index contributed by atoms with van der Waals surface area (Å²) in [6.07, 6.45) is 0. The van der Waals surface area contributed by atoms with Gasteiger partial charge in [0.15, 0.2) is 0 Å². The second-order valence-corrected chi connectivity index (χ2v) is 21.5. The maximum atomic E-state index is 10.4. The van der Waals surface area contributed by atoms with Crippen molar-refractivity contribution in [2.45, 2.75) is 157 Å². The molecular weight excluding hydrogens is 594 g/mol. The largest absolute Gasteiger partial charge is 0.192 e. The maximum absolute atomic E-state index is 10.4. The molecule has 3 aromatic rings. The van der Waals surface area contributed by atoms with Gasteiger partial charge < -0.3 is 0 Å². The van der Waals surface area contributed by atoms with Gasteiger partial charge >= 0.3 is 0 Å². The summed E-state index contributed by atoms with van der Waals surface area (Å²) < 4.78 is 0. The molecule has 0 aliphatic carbocycles. The lowest BCUT2D eigenvalue weighted by Crippen LogP contribution is -2.30. The quantitative estimate of drug-likeness (QED) is 0.259. The molecule has 0 fully saturated rings. The first-order chi connectivity index (χ1) is 20.5. The summed E-state index contributed by atoms with van der Waals surface area (Å²) in [7, 11) is 2.01. The number of hydrogen-bond donors (Lipinski definition) is 0. The highest BCUT2D eigenvalue weighted by Crippen LogP contribution is 2.40. The molecule has 0 unspecified atom stereocenters. The fraction of sp³-hybridized carbons (Fsp3) is 0.571. The monoisotopic (exact) mass is 652 g/mol. The van der Waals surface area contributed by atoms with Crippen molar-refractivity contribution in [1.82, 2.24) is 0 Å². The Morgan fingerprint density at radius 3 is 0.761 bits per heavy atom. The second kappa shape index (κ2) is 12.2. The van der Waals surface area contributed by atoms with Crippen LogP contribution in [-0.2, 0) is 32.5 Å². The van der Waals surface area contributed by atoms with Crippen LogP contribution in [0.3, 0.4) is 0 Å². The lowest BCUT2D eigenvalue weighted by molar-refractivity contribution is 0.553. The minimum atomic E-state index is -0.0953. The third-order valence-corrected chi connectivity index (χ3v) is 11.7. The molecule has 0 aliphatic heterocycles. The van der Waals surface area contributed by atoms with Crippen molar-refractivity contribution in [2.75, 3.05) is 0 Å². The molecule has 3 aromatic carbocycles. The molecule has 0 aromatic heterocycles. The van der Waals surface area contributed by atoms with Crippen LogP contribution in [0.5, 0.6) is 0 Å². The smallest absolute Gasteiger partial charge is 0.102 e. The van der Waals surface area contributed by atoms with E-state index in [0.29, 0.717) is 11.1 Å². The molecule has 246 valence electrons. The fourth-order valence-electron chi connectivity index (χ4n) is 5.73.